The molecule has 1 aromatic rings. The Balaban J connectivity index is 1.88. The van der Waals surface area contributed by atoms with Gasteiger partial charge in [-0.3, -0.25) is 0 Å². The van der Waals surface area contributed by atoms with Crippen molar-refractivity contribution in [2.75, 3.05) is 0 Å². The Bertz CT molecular complexity index is 351. The van der Waals surface area contributed by atoms with Gasteiger partial charge in [0.15, 0.2) is 0 Å². The summed E-state index contributed by atoms with van der Waals surface area (Å²) in [6.45, 7) is 3.22. The maximum Gasteiger partial charge on any atom is 0.115 e. The van der Waals surface area contributed by atoms with Crippen LogP contribution in [0.25, 0.3) is 0 Å². The summed E-state index contributed by atoms with van der Waals surface area (Å²) >= 11 is 0. The number of hydrogen-bond donors (Lipinski definition) is 2. The van der Waals surface area contributed by atoms with Crippen LogP contribution in [-0.4, -0.2) is 11.1 Å². The predicted molar refractivity (Wildman–Crippen MR) is 71.0 cm³/mol. The topological polar surface area (TPSA) is 32.3 Å². The lowest BCUT2D eigenvalue weighted by atomic mass is 9.97. The van der Waals surface area contributed by atoms with Crippen molar-refractivity contribution < 1.29 is 5.11 Å². The van der Waals surface area contributed by atoms with Gasteiger partial charge in [-0.1, -0.05) is 38.3 Å². The molecule has 0 radical (unpaired) electrons. The Kier molecular flexibility index (Phi) is 4.43. The molecule has 0 aromatic heterocycles. The third-order valence-corrected chi connectivity index (χ3v) is 3.84. The number of rotatable bonds is 3. The Labute approximate surface area is 104 Å². The molecule has 1 saturated carbocycles. The molecule has 0 spiro atoms. The van der Waals surface area contributed by atoms with Crippen molar-refractivity contribution >= 4 is 0 Å². The molecule has 17 heavy (non-hydrogen) atoms. The van der Waals surface area contributed by atoms with E-state index in [9.17, 15) is 5.11 Å². The van der Waals surface area contributed by atoms with Gasteiger partial charge in [0.2, 0.25) is 0 Å². The Morgan fingerprint density at radius 1 is 1.24 bits per heavy atom. The summed E-state index contributed by atoms with van der Waals surface area (Å²) in [4.78, 5) is 0. The van der Waals surface area contributed by atoms with Crippen molar-refractivity contribution in [3.8, 4) is 5.75 Å². The van der Waals surface area contributed by atoms with Crippen LogP contribution in [0.15, 0.2) is 24.3 Å². The van der Waals surface area contributed by atoms with Crippen molar-refractivity contribution in [1.29, 1.82) is 0 Å². The highest BCUT2D eigenvalue weighted by molar-refractivity contribution is 5.26. The molecule has 2 heteroatoms. The van der Waals surface area contributed by atoms with Crippen molar-refractivity contribution in [3.05, 3.63) is 29.8 Å². The molecule has 0 saturated heterocycles. The third kappa shape index (κ3) is 3.74. The molecule has 94 valence electrons. The fourth-order valence-corrected chi connectivity index (χ4v) is 2.71. The summed E-state index contributed by atoms with van der Waals surface area (Å²) in [6.07, 6.45) is 6.75. The first kappa shape index (κ1) is 12.4. The Hall–Kier alpha value is -1.02. The normalized spacial score (nSPS) is 25.5. The van der Waals surface area contributed by atoms with Crippen LogP contribution < -0.4 is 5.32 Å². The second-order valence-electron chi connectivity index (χ2n) is 5.27. The molecule has 2 nitrogen and oxygen atoms in total. The number of benzene rings is 1. The first-order valence-electron chi connectivity index (χ1n) is 6.77. The Morgan fingerprint density at radius 2 is 2.06 bits per heavy atom. The lowest BCUT2D eigenvalue weighted by molar-refractivity contribution is 0.356. The van der Waals surface area contributed by atoms with E-state index in [0.717, 1.165) is 12.5 Å². The monoisotopic (exact) mass is 233 g/mol. The van der Waals surface area contributed by atoms with E-state index in [1.54, 1.807) is 6.07 Å². The molecule has 0 heterocycles. The number of phenols is 1. The molecule has 1 fully saturated rings. The summed E-state index contributed by atoms with van der Waals surface area (Å²) < 4.78 is 0. The number of phenolic OH excluding ortho intramolecular Hbond substituents is 1. The van der Waals surface area contributed by atoms with Gasteiger partial charge in [-0.15, -0.1) is 0 Å². The average molecular weight is 233 g/mol. The zero-order chi connectivity index (χ0) is 12.1. The summed E-state index contributed by atoms with van der Waals surface area (Å²) in [5.74, 6) is 1.13. The summed E-state index contributed by atoms with van der Waals surface area (Å²) in [6, 6.07) is 8.17. The van der Waals surface area contributed by atoms with Crippen LogP contribution in [0.1, 0.15) is 44.6 Å². The largest absolute Gasteiger partial charge is 0.508 e. The molecular weight excluding hydrogens is 210 g/mol. The van der Waals surface area contributed by atoms with E-state index < -0.39 is 0 Å². The molecule has 2 rings (SSSR count). The molecule has 1 aliphatic rings. The highest BCUT2D eigenvalue weighted by Gasteiger charge is 2.18. The molecule has 1 aromatic carbocycles. The van der Waals surface area contributed by atoms with Gasteiger partial charge in [-0.25, -0.2) is 0 Å². The molecular formula is C15H23NO. The van der Waals surface area contributed by atoms with Gasteiger partial charge in [0.05, 0.1) is 0 Å². The van der Waals surface area contributed by atoms with Gasteiger partial charge in [-0.2, -0.15) is 0 Å². The van der Waals surface area contributed by atoms with E-state index in [1.165, 1.54) is 37.7 Å². The zero-order valence-electron chi connectivity index (χ0n) is 10.7. The van der Waals surface area contributed by atoms with Gasteiger partial charge >= 0.3 is 0 Å². The fourth-order valence-electron chi connectivity index (χ4n) is 2.71. The maximum atomic E-state index is 9.42. The van der Waals surface area contributed by atoms with Crippen LogP contribution in [0.4, 0.5) is 0 Å². The Morgan fingerprint density at radius 3 is 2.88 bits per heavy atom. The molecule has 2 atom stereocenters. The highest BCUT2D eigenvalue weighted by Crippen LogP contribution is 2.23. The minimum Gasteiger partial charge on any atom is -0.508 e. The molecule has 0 aliphatic heterocycles. The first-order valence-corrected chi connectivity index (χ1v) is 6.77. The minimum atomic E-state index is 0.359. The zero-order valence-corrected chi connectivity index (χ0v) is 10.7. The smallest absolute Gasteiger partial charge is 0.115 e. The summed E-state index contributed by atoms with van der Waals surface area (Å²) in [5, 5.41) is 13.1. The lowest BCUT2D eigenvalue weighted by Gasteiger charge is -2.23. The maximum absolute atomic E-state index is 9.42. The average Bonchev–Trinajstić information content (AvgIpc) is 2.52. The van der Waals surface area contributed by atoms with E-state index in [4.69, 9.17) is 0 Å². The molecule has 1 aliphatic carbocycles. The fraction of sp³-hybridized carbons (Fsp3) is 0.600. The van der Waals surface area contributed by atoms with Crippen LogP contribution in [0.2, 0.25) is 0 Å². The van der Waals surface area contributed by atoms with Gasteiger partial charge < -0.3 is 10.4 Å². The predicted octanol–water partition coefficient (Wildman–Crippen LogP) is 3.45. The van der Waals surface area contributed by atoms with Crippen LogP contribution in [0.3, 0.4) is 0 Å². The van der Waals surface area contributed by atoms with E-state index in [1.807, 2.05) is 12.1 Å². The standard InChI is InChI=1S/C15H23NO/c1-12-6-3-2-4-9-15(12)16-11-13-7-5-8-14(17)10-13/h5,7-8,10,12,15-17H,2-4,6,9,11H2,1H3. The van der Waals surface area contributed by atoms with E-state index >= 15 is 0 Å². The molecule has 2 N–H and O–H groups in total. The van der Waals surface area contributed by atoms with Crippen LogP contribution in [0.5, 0.6) is 5.75 Å². The molecule has 0 bridgehead atoms. The van der Waals surface area contributed by atoms with Crippen LogP contribution in [-0.2, 0) is 6.54 Å². The van der Waals surface area contributed by atoms with Gasteiger partial charge in [0.1, 0.15) is 5.75 Å². The van der Waals surface area contributed by atoms with Gasteiger partial charge in [0.25, 0.3) is 0 Å². The number of hydrogen-bond acceptors (Lipinski definition) is 2. The van der Waals surface area contributed by atoms with Crippen LogP contribution >= 0.6 is 0 Å². The lowest BCUT2D eigenvalue weighted by Crippen LogP contribution is -2.33. The quantitative estimate of drug-likeness (QED) is 0.784. The highest BCUT2D eigenvalue weighted by atomic mass is 16.3. The number of nitrogens with one attached hydrogen (secondary N) is 1. The van der Waals surface area contributed by atoms with Crippen molar-refractivity contribution in [2.24, 2.45) is 5.92 Å². The molecule has 0 amide bonds. The second kappa shape index (κ2) is 6.06. The van der Waals surface area contributed by atoms with Crippen LogP contribution in [0, 0.1) is 5.92 Å². The van der Waals surface area contributed by atoms with E-state index in [0.29, 0.717) is 11.8 Å². The second-order valence-corrected chi connectivity index (χ2v) is 5.27. The molecule has 2 unspecified atom stereocenters. The van der Waals surface area contributed by atoms with Crippen molar-refractivity contribution in [3.63, 3.8) is 0 Å². The minimum absolute atomic E-state index is 0.359. The third-order valence-electron chi connectivity index (χ3n) is 3.84. The van der Waals surface area contributed by atoms with E-state index in [2.05, 4.69) is 18.3 Å². The van der Waals surface area contributed by atoms with E-state index in [-0.39, 0.29) is 0 Å². The first-order chi connectivity index (χ1) is 8.25. The SMILES string of the molecule is CC1CCCCCC1NCc1cccc(O)c1. The van der Waals surface area contributed by atoms with Gasteiger partial charge in [0, 0.05) is 12.6 Å². The number of aromatic hydroxyl groups is 1. The van der Waals surface area contributed by atoms with Gasteiger partial charge in [-0.05, 0) is 36.5 Å². The summed E-state index contributed by atoms with van der Waals surface area (Å²) in [5.41, 5.74) is 1.17. The summed E-state index contributed by atoms with van der Waals surface area (Å²) in [7, 11) is 0. The van der Waals surface area contributed by atoms with Crippen molar-refractivity contribution in [2.45, 2.75) is 51.6 Å². The van der Waals surface area contributed by atoms with Crippen molar-refractivity contribution in [1.82, 2.24) is 5.32 Å².